The number of aryl methyl sites for hydroxylation is 1. The van der Waals surface area contributed by atoms with E-state index in [1.54, 1.807) is 18.3 Å². The van der Waals surface area contributed by atoms with Gasteiger partial charge in [-0.2, -0.15) is 0 Å². The van der Waals surface area contributed by atoms with Crippen LogP contribution in [0.2, 0.25) is 5.02 Å². The van der Waals surface area contributed by atoms with Crippen LogP contribution in [0.5, 0.6) is 0 Å². The number of rotatable bonds is 5. The first-order valence-corrected chi connectivity index (χ1v) is 12.3. The summed E-state index contributed by atoms with van der Waals surface area (Å²) < 4.78 is 7.32. The minimum Gasteiger partial charge on any atom is -0.478 e. The number of carbonyl (C=O) groups is 1. The molecule has 0 amide bonds. The van der Waals surface area contributed by atoms with E-state index >= 15 is 0 Å². The van der Waals surface area contributed by atoms with E-state index < -0.39 is 5.97 Å². The fourth-order valence-corrected chi connectivity index (χ4v) is 5.01. The van der Waals surface area contributed by atoms with Crippen LogP contribution < -0.4 is 10.2 Å². The molecule has 0 saturated carbocycles. The van der Waals surface area contributed by atoms with E-state index in [2.05, 4.69) is 32.3 Å². The van der Waals surface area contributed by atoms with Gasteiger partial charge in [-0.1, -0.05) is 33.6 Å². The molecule has 1 aliphatic heterocycles. The van der Waals surface area contributed by atoms with Crippen molar-refractivity contribution in [2.24, 2.45) is 0 Å². The second kappa shape index (κ2) is 9.45. The highest BCUT2D eigenvalue weighted by Crippen LogP contribution is 2.44. The van der Waals surface area contributed by atoms with Crippen LogP contribution in [0, 0.1) is 6.92 Å². The lowest BCUT2D eigenvalue weighted by molar-refractivity contribution is 0.0697. The number of aromatic carboxylic acids is 1. The quantitative estimate of drug-likeness (QED) is 0.252. The Kier molecular flexibility index (Phi) is 6.35. The molecule has 0 aliphatic carbocycles. The number of pyridine rings is 1. The molecule has 1 aliphatic rings. The first kappa shape index (κ1) is 23.5. The van der Waals surface area contributed by atoms with Gasteiger partial charge in [0.15, 0.2) is 5.11 Å². The number of nitrogens with zero attached hydrogens (tertiary/aromatic N) is 2. The number of carboxylic acid groups (broad SMARTS) is 1. The number of benzene rings is 2. The van der Waals surface area contributed by atoms with Crippen molar-refractivity contribution in [3.05, 3.63) is 105 Å². The zero-order chi connectivity index (χ0) is 24.7. The van der Waals surface area contributed by atoms with Gasteiger partial charge in [0, 0.05) is 21.9 Å². The van der Waals surface area contributed by atoms with Gasteiger partial charge >= 0.3 is 5.97 Å². The van der Waals surface area contributed by atoms with Crippen molar-refractivity contribution in [1.82, 2.24) is 10.3 Å². The molecule has 0 unspecified atom stereocenters. The SMILES string of the molecule is Cc1cc(N2C(=S)N[C@H](c3ccccn3)[C@H]2c2ccc(-c3cc(C(=O)O)ccc3Cl)o2)ccc1Br. The third-order valence-corrected chi connectivity index (χ3v) is 7.45. The Morgan fingerprint density at radius 3 is 2.71 bits per heavy atom. The highest BCUT2D eigenvalue weighted by atomic mass is 79.9. The van der Waals surface area contributed by atoms with Gasteiger partial charge in [-0.3, -0.25) is 4.98 Å². The molecule has 1 saturated heterocycles. The predicted molar refractivity (Wildman–Crippen MR) is 143 cm³/mol. The van der Waals surface area contributed by atoms with E-state index in [9.17, 15) is 9.90 Å². The minimum absolute atomic E-state index is 0.129. The Balaban J connectivity index is 1.62. The van der Waals surface area contributed by atoms with Crippen molar-refractivity contribution in [2.75, 3.05) is 4.90 Å². The standard InChI is InChI=1S/C26H19BrClN3O3S/c1-14-12-16(6-7-18(14)27)31-24(23(30-26(31)35)20-4-2-3-11-29-20)22-10-9-21(34-22)17-13-15(25(32)33)5-8-19(17)28/h2-13,23-24H,1H3,(H,30,35)(H,32,33)/t23-,24-/m1/s1. The molecule has 2 atom stereocenters. The zero-order valence-electron chi connectivity index (χ0n) is 18.4. The largest absolute Gasteiger partial charge is 0.478 e. The van der Waals surface area contributed by atoms with Gasteiger partial charge in [0.1, 0.15) is 17.6 Å². The molecule has 4 aromatic rings. The van der Waals surface area contributed by atoms with E-state index in [0.29, 0.717) is 27.2 Å². The molecule has 2 N–H and O–H groups in total. The van der Waals surface area contributed by atoms with Gasteiger partial charge in [-0.15, -0.1) is 0 Å². The Morgan fingerprint density at radius 1 is 1.17 bits per heavy atom. The molecule has 2 aromatic carbocycles. The first-order valence-electron chi connectivity index (χ1n) is 10.7. The van der Waals surface area contributed by atoms with Gasteiger partial charge in [0.2, 0.25) is 0 Å². The zero-order valence-corrected chi connectivity index (χ0v) is 21.6. The maximum atomic E-state index is 11.5. The Labute approximate surface area is 220 Å². The summed E-state index contributed by atoms with van der Waals surface area (Å²) in [5.74, 6) is 0.0741. The second-order valence-electron chi connectivity index (χ2n) is 8.13. The summed E-state index contributed by atoms with van der Waals surface area (Å²) in [4.78, 5) is 18.1. The van der Waals surface area contributed by atoms with Gasteiger partial charge in [-0.25, -0.2) is 4.79 Å². The van der Waals surface area contributed by atoms with Gasteiger partial charge in [0.05, 0.1) is 22.3 Å². The summed E-state index contributed by atoms with van der Waals surface area (Å²) in [7, 11) is 0. The topological polar surface area (TPSA) is 78.6 Å². The van der Waals surface area contributed by atoms with Gasteiger partial charge < -0.3 is 19.7 Å². The number of hydrogen-bond acceptors (Lipinski definition) is 4. The molecule has 6 nitrogen and oxygen atoms in total. The van der Waals surface area contributed by atoms with Crippen molar-refractivity contribution in [2.45, 2.75) is 19.0 Å². The number of furan rings is 1. The number of aromatic nitrogens is 1. The summed E-state index contributed by atoms with van der Waals surface area (Å²) in [6, 6.07) is 19.4. The lowest BCUT2D eigenvalue weighted by atomic mass is 10.0. The summed E-state index contributed by atoms with van der Waals surface area (Å²) >= 11 is 15.7. The van der Waals surface area contributed by atoms with Gasteiger partial charge in [0.25, 0.3) is 0 Å². The van der Waals surface area contributed by atoms with Crippen LogP contribution in [0.25, 0.3) is 11.3 Å². The van der Waals surface area contributed by atoms with Gasteiger partial charge in [-0.05, 0) is 85.4 Å². The molecule has 1 fully saturated rings. The minimum atomic E-state index is -1.04. The van der Waals surface area contributed by atoms with E-state index in [-0.39, 0.29) is 17.6 Å². The van der Waals surface area contributed by atoms with Crippen molar-refractivity contribution < 1.29 is 14.3 Å². The normalized spacial score (nSPS) is 17.5. The van der Waals surface area contributed by atoms with E-state index in [0.717, 1.165) is 21.4 Å². The number of nitrogens with one attached hydrogen (secondary N) is 1. The fourth-order valence-electron chi connectivity index (χ4n) is 4.20. The number of halogens is 2. The monoisotopic (exact) mass is 567 g/mol. The lowest BCUT2D eigenvalue weighted by Gasteiger charge is -2.26. The van der Waals surface area contributed by atoms with Crippen LogP contribution in [-0.2, 0) is 0 Å². The van der Waals surface area contributed by atoms with Crippen molar-refractivity contribution in [3.63, 3.8) is 0 Å². The Bertz CT molecular complexity index is 1440. The molecular formula is C26H19BrClN3O3S. The summed E-state index contributed by atoms with van der Waals surface area (Å²) in [5.41, 5.74) is 3.44. The summed E-state index contributed by atoms with van der Waals surface area (Å²) in [6.07, 6.45) is 1.74. The molecule has 0 bridgehead atoms. The molecule has 176 valence electrons. The first-order chi connectivity index (χ1) is 16.8. The number of anilines is 1. The van der Waals surface area contributed by atoms with Crippen molar-refractivity contribution >= 4 is 56.5 Å². The average Bonchev–Trinajstić information content (AvgIpc) is 3.46. The molecular weight excluding hydrogens is 550 g/mol. The third-order valence-electron chi connectivity index (χ3n) is 5.91. The number of thiocarbonyl (C=S) groups is 1. The third kappa shape index (κ3) is 4.45. The average molecular weight is 569 g/mol. The van der Waals surface area contributed by atoms with E-state index in [1.165, 1.54) is 12.1 Å². The van der Waals surface area contributed by atoms with Crippen LogP contribution in [0.1, 0.15) is 39.5 Å². The molecule has 0 radical (unpaired) electrons. The Morgan fingerprint density at radius 2 is 2.00 bits per heavy atom. The van der Waals surface area contributed by atoms with Crippen LogP contribution in [0.15, 0.2) is 81.8 Å². The predicted octanol–water partition coefficient (Wildman–Crippen LogP) is 6.94. The summed E-state index contributed by atoms with van der Waals surface area (Å²) in [5, 5.41) is 13.8. The maximum absolute atomic E-state index is 11.5. The maximum Gasteiger partial charge on any atom is 0.335 e. The molecule has 0 spiro atoms. The second-order valence-corrected chi connectivity index (χ2v) is 9.78. The molecule has 5 rings (SSSR count). The number of carboxylic acids is 1. The lowest BCUT2D eigenvalue weighted by Crippen LogP contribution is -2.29. The highest BCUT2D eigenvalue weighted by Gasteiger charge is 2.42. The van der Waals surface area contributed by atoms with E-state index in [4.69, 9.17) is 28.2 Å². The van der Waals surface area contributed by atoms with Crippen molar-refractivity contribution in [3.8, 4) is 11.3 Å². The number of hydrogen-bond donors (Lipinski definition) is 2. The summed E-state index contributed by atoms with van der Waals surface area (Å²) in [6.45, 7) is 2.02. The highest BCUT2D eigenvalue weighted by molar-refractivity contribution is 9.10. The van der Waals surface area contributed by atoms with Crippen molar-refractivity contribution in [1.29, 1.82) is 0 Å². The van der Waals surface area contributed by atoms with Crippen LogP contribution in [0.3, 0.4) is 0 Å². The smallest absolute Gasteiger partial charge is 0.335 e. The Hall–Kier alpha value is -3.20. The van der Waals surface area contributed by atoms with E-state index in [1.807, 2.05) is 48.2 Å². The van der Waals surface area contributed by atoms with Crippen LogP contribution in [-0.4, -0.2) is 21.2 Å². The van der Waals surface area contributed by atoms with Crippen LogP contribution in [0.4, 0.5) is 5.69 Å². The molecule has 35 heavy (non-hydrogen) atoms. The molecule has 3 heterocycles. The molecule has 2 aromatic heterocycles. The molecule has 9 heteroatoms. The fraction of sp³-hybridized carbons (Fsp3) is 0.115. The van der Waals surface area contributed by atoms with Crippen LogP contribution >= 0.6 is 39.7 Å².